The molecule has 0 amide bonds. The minimum Gasteiger partial charge on any atom is -0.310 e. The molecule has 524 valence electrons. The summed E-state index contributed by atoms with van der Waals surface area (Å²) < 4.78 is 0. The van der Waals surface area contributed by atoms with Crippen LogP contribution in [0.4, 0.5) is 28.4 Å². The van der Waals surface area contributed by atoms with Crippen molar-refractivity contribution >= 4 is 34.0 Å². The molecule has 2 spiro atoms. The van der Waals surface area contributed by atoms with E-state index in [2.05, 4.69) is 404 Å². The smallest absolute Gasteiger partial charge is 0.0726 e. The minimum atomic E-state index is -0.646. The van der Waals surface area contributed by atoms with Gasteiger partial charge in [-0.15, -0.1) is 0 Å². The molecule has 7 aliphatic carbocycles. The molecule has 22 rings (SSSR count). The van der Waals surface area contributed by atoms with Gasteiger partial charge in [-0.05, 0) is 252 Å². The Morgan fingerprint density at radius 2 is 0.673 bits per heavy atom. The van der Waals surface area contributed by atoms with Crippen LogP contribution in [-0.2, 0) is 27.1 Å². The van der Waals surface area contributed by atoms with Crippen LogP contribution in [0.3, 0.4) is 0 Å². The van der Waals surface area contributed by atoms with E-state index in [1.807, 2.05) is 0 Å². The summed E-state index contributed by atoms with van der Waals surface area (Å²) in [6, 6.07) is 131. The molecule has 0 aliphatic heterocycles. The molecule has 7 aliphatic rings. The molecule has 0 heterocycles. The third kappa shape index (κ3) is 8.88. The lowest BCUT2D eigenvalue weighted by molar-refractivity contribution is 0.590. The molecule has 0 fully saturated rings. The average molecular weight is 1410 g/mol. The first kappa shape index (κ1) is 64.5. The fourth-order valence-corrected chi connectivity index (χ4v) is 21.4. The van der Waals surface area contributed by atoms with Crippen molar-refractivity contribution in [1.29, 1.82) is 0 Å². The van der Waals surface area contributed by atoms with Gasteiger partial charge in [-0.2, -0.15) is 0 Å². The monoisotopic (exact) mass is 1410 g/mol. The van der Waals surface area contributed by atoms with Crippen LogP contribution < -0.4 is 9.80 Å². The van der Waals surface area contributed by atoms with Crippen molar-refractivity contribution in [3.05, 3.63) is 429 Å². The molecule has 15 aromatic carbocycles. The van der Waals surface area contributed by atoms with Gasteiger partial charge in [0.15, 0.2) is 0 Å². The highest BCUT2D eigenvalue weighted by Crippen LogP contribution is 2.68. The number of allylic oxidation sites excluding steroid dienone is 3. The molecule has 1 atom stereocenters. The van der Waals surface area contributed by atoms with E-state index in [9.17, 15) is 0 Å². The molecule has 0 bridgehead atoms. The fraction of sp³-hybridized carbons (Fsp3) is 0.130. The van der Waals surface area contributed by atoms with Gasteiger partial charge in [0.1, 0.15) is 0 Å². The van der Waals surface area contributed by atoms with Gasteiger partial charge in [-0.25, -0.2) is 0 Å². The third-order valence-electron chi connectivity index (χ3n) is 26.3. The summed E-state index contributed by atoms with van der Waals surface area (Å²) >= 11 is 0. The highest BCUT2D eigenvalue weighted by Gasteiger charge is 2.56. The van der Waals surface area contributed by atoms with E-state index in [0.29, 0.717) is 0 Å². The van der Waals surface area contributed by atoms with Crippen LogP contribution in [0, 0.1) is 0 Å². The number of anilines is 5. The second kappa shape index (κ2) is 23.4. The normalized spacial score (nSPS) is 16.5. The Balaban J connectivity index is 0.722. The second-order valence-electron chi connectivity index (χ2n) is 33.7. The third-order valence-corrected chi connectivity index (χ3v) is 26.3. The van der Waals surface area contributed by atoms with E-state index in [4.69, 9.17) is 0 Å². The van der Waals surface area contributed by atoms with Crippen LogP contribution in [0.25, 0.3) is 94.6 Å². The van der Waals surface area contributed by atoms with Gasteiger partial charge in [0.25, 0.3) is 0 Å². The van der Waals surface area contributed by atoms with Crippen molar-refractivity contribution < 1.29 is 0 Å². The van der Waals surface area contributed by atoms with Gasteiger partial charge < -0.3 is 9.80 Å². The molecule has 15 aromatic rings. The predicted octanol–water partition coefficient (Wildman–Crippen LogP) is 28.0. The van der Waals surface area contributed by atoms with Crippen LogP contribution >= 0.6 is 0 Å². The number of rotatable bonds is 9. The molecule has 0 saturated carbocycles. The highest BCUT2D eigenvalue weighted by molar-refractivity contribution is 6.05. The zero-order chi connectivity index (χ0) is 73.7. The molecule has 110 heavy (non-hydrogen) atoms. The first-order valence-electron chi connectivity index (χ1n) is 39.4. The Hall–Kier alpha value is -12.6. The van der Waals surface area contributed by atoms with Crippen LogP contribution in [0.2, 0.25) is 0 Å². The van der Waals surface area contributed by atoms with E-state index in [1.165, 1.54) is 184 Å². The highest BCUT2D eigenvalue weighted by atomic mass is 15.2. The van der Waals surface area contributed by atoms with E-state index in [-0.39, 0.29) is 16.2 Å². The lowest BCUT2D eigenvalue weighted by Crippen LogP contribution is -2.28. The maximum atomic E-state index is 2.61. The Morgan fingerprint density at radius 3 is 1.26 bits per heavy atom. The first-order valence-corrected chi connectivity index (χ1v) is 39.4. The van der Waals surface area contributed by atoms with Gasteiger partial charge in [0, 0.05) is 44.7 Å². The van der Waals surface area contributed by atoms with Crippen LogP contribution in [0.1, 0.15) is 134 Å². The van der Waals surface area contributed by atoms with Crippen LogP contribution in [-0.4, -0.2) is 0 Å². The van der Waals surface area contributed by atoms with Gasteiger partial charge in [-0.1, -0.05) is 321 Å². The molecule has 0 radical (unpaired) electrons. The van der Waals surface area contributed by atoms with E-state index < -0.39 is 10.8 Å². The second-order valence-corrected chi connectivity index (χ2v) is 33.7. The minimum absolute atomic E-state index is 0.00516. The quantitative estimate of drug-likeness (QED) is 0.142. The van der Waals surface area contributed by atoms with E-state index >= 15 is 0 Å². The van der Waals surface area contributed by atoms with Crippen LogP contribution in [0.5, 0.6) is 0 Å². The molecule has 2 nitrogen and oxygen atoms in total. The molecular weight excluding hydrogens is 1330 g/mol. The molecular formula is C108H82N2. The fourth-order valence-electron chi connectivity index (χ4n) is 21.4. The standard InChI is InChI=1S/C108H82N2/c1-104(2,3)73-50-52-74(53-51-73)109(76-54-58-81-78-33-14-19-38-88(78)105(4,5)96(81)65-76)100-45-25-43-94-102(100)85-36-17-22-41-91(85)107(94)90-40-21-16-35-80(90)87-62-70(49-60-93(87)107)69-31-24-32-75(61-69)110(77-55-59-82-79-34-15-20-39-89(79)106(6,7)97(82)66-77)101-46-26-44-95-103(101)86-37-18-23-42-92(86)108(95)98-63-71(67-27-10-8-11-28-67)47-56-83(98)84-57-48-72(64-99(84)108)68-29-12-9-13-30-68/h8-24,26-42,44-66H,25,43H2,1-7H3. The van der Waals surface area contributed by atoms with E-state index in [1.54, 1.807) is 0 Å². The maximum absolute atomic E-state index is 2.61. The summed E-state index contributed by atoms with van der Waals surface area (Å²) in [5.74, 6) is 0. The number of benzene rings is 15. The van der Waals surface area contributed by atoms with Crippen molar-refractivity contribution in [2.45, 2.75) is 88.4 Å². The Kier molecular flexibility index (Phi) is 13.8. The zero-order valence-electron chi connectivity index (χ0n) is 63.2. The number of hydrogen-bond donors (Lipinski definition) is 0. The molecule has 0 aromatic heterocycles. The molecule has 0 N–H and O–H groups in total. The van der Waals surface area contributed by atoms with Crippen molar-refractivity contribution in [3.8, 4) is 89.0 Å². The Bertz CT molecular complexity index is 6420. The predicted molar refractivity (Wildman–Crippen MR) is 459 cm³/mol. The lowest BCUT2D eigenvalue weighted by atomic mass is 9.68. The Labute approximate surface area is 646 Å². The molecule has 1 unspecified atom stereocenters. The van der Waals surface area contributed by atoms with Gasteiger partial charge in [0.2, 0.25) is 0 Å². The van der Waals surface area contributed by atoms with Crippen LogP contribution in [0.15, 0.2) is 357 Å². The van der Waals surface area contributed by atoms with Crippen molar-refractivity contribution in [2.24, 2.45) is 0 Å². The Morgan fingerprint density at radius 1 is 0.264 bits per heavy atom. The lowest BCUT2D eigenvalue weighted by Gasteiger charge is -2.36. The topological polar surface area (TPSA) is 6.48 Å². The SMILES string of the molecule is CC(C)(C)c1ccc(N(C2=CCCC3=C2c2ccccc2C32c3ccccc3-c3cc(-c4cccc(N(c5ccc6c(c5)C(C)(C)c5ccccc5-6)c5cccc6c5-c5ccccc5C65c6cc(-c7ccccc7)ccc6-c6ccc(-c7ccccc7)cc65)c4)ccc32)c2ccc3c(c2)C(C)(C)c2ccccc2-3)cc1. The number of hydrogen-bond acceptors (Lipinski definition) is 2. The molecule has 2 heteroatoms. The number of fused-ring (bicyclic) bond motifs is 25. The van der Waals surface area contributed by atoms with Crippen molar-refractivity contribution in [1.82, 2.24) is 0 Å². The van der Waals surface area contributed by atoms with Gasteiger partial charge >= 0.3 is 0 Å². The largest absolute Gasteiger partial charge is 0.310 e. The van der Waals surface area contributed by atoms with Gasteiger partial charge in [-0.3, -0.25) is 0 Å². The van der Waals surface area contributed by atoms with Crippen molar-refractivity contribution in [2.75, 3.05) is 9.80 Å². The maximum Gasteiger partial charge on any atom is 0.0726 e. The summed E-state index contributed by atoms with van der Waals surface area (Å²) in [4.78, 5) is 5.21. The number of nitrogens with zero attached hydrogens (tertiary/aromatic N) is 2. The summed E-state index contributed by atoms with van der Waals surface area (Å²) in [6.45, 7) is 16.6. The van der Waals surface area contributed by atoms with E-state index in [0.717, 1.165) is 35.5 Å². The summed E-state index contributed by atoms with van der Waals surface area (Å²) in [7, 11) is 0. The first-order chi connectivity index (χ1) is 53.7. The summed E-state index contributed by atoms with van der Waals surface area (Å²) in [5, 5.41) is 0. The average Bonchev–Trinajstić information content (AvgIpc) is 1.51. The summed E-state index contributed by atoms with van der Waals surface area (Å²) in [5.41, 5.74) is 45.8. The van der Waals surface area contributed by atoms with Crippen molar-refractivity contribution in [3.63, 3.8) is 0 Å². The summed E-state index contributed by atoms with van der Waals surface area (Å²) in [6.07, 6.45) is 4.41. The zero-order valence-corrected chi connectivity index (χ0v) is 63.2. The molecule has 0 saturated heterocycles. The van der Waals surface area contributed by atoms with Gasteiger partial charge in [0.05, 0.1) is 22.2 Å².